The van der Waals surface area contributed by atoms with Gasteiger partial charge in [0.1, 0.15) is 11.8 Å². The third kappa shape index (κ3) is 5.49. The first-order chi connectivity index (χ1) is 20.8. The lowest BCUT2D eigenvalue weighted by Gasteiger charge is -2.30. The molecule has 15 heteroatoms. The van der Waals surface area contributed by atoms with E-state index in [9.17, 15) is 32.3 Å². The summed E-state index contributed by atoms with van der Waals surface area (Å²) >= 11 is 17.1. The molecule has 0 bridgehead atoms. The third-order valence-corrected chi connectivity index (χ3v) is 11.0. The van der Waals surface area contributed by atoms with E-state index >= 15 is 0 Å². The van der Waals surface area contributed by atoms with E-state index in [-0.39, 0.29) is 5.02 Å². The van der Waals surface area contributed by atoms with Crippen LogP contribution in [0.4, 0.5) is 24.5 Å². The van der Waals surface area contributed by atoms with Gasteiger partial charge < -0.3 is 5.32 Å². The third-order valence-electron chi connectivity index (χ3n) is 7.21. The Morgan fingerprint density at radius 3 is 2.41 bits per heavy atom. The van der Waals surface area contributed by atoms with Crippen molar-refractivity contribution in [3.63, 3.8) is 0 Å². The molecule has 1 aromatic heterocycles. The lowest BCUT2D eigenvalue weighted by Crippen LogP contribution is -2.33. The summed E-state index contributed by atoms with van der Waals surface area (Å²) < 4.78 is 43.7. The molecule has 3 heterocycles. The van der Waals surface area contributed by atoms with E-state index in [2.05, 4.69) is 21.2 Å². The van der Waals surface area contributed by atoms with E-state index in [0.717, 1.165) is 35.2 Å². The molecule has 2 aliphatic heterocycles. The Hall–Kier alpha value is -3.10. The Morgan fingerprint density at radius 1 is 0.955 bits per heavy atom. The molecule has 7 nitrogen and oxygen atoms in total. The van der Waals surface area contributed by atoms with Crippen molar-refractivity contribution < 1.29 is 27.6 Å². The molecular weight excluding hydrogens is 726 g/mol. The van der Waals surface area contributed by atoms with Crippen molar-refractivity contribution in [3.8, 4) is 0 Å². The number of nitrogens with one attached hydrogen (secondary N) is 1. The lowest BCUT2D eigenvalue weighted by molar-refractivity contribution is -0.137. The van der Waals surface area contributed by atoms with Crippen molar-refractivity contribution in [3.05, 3.63) is 107 Å². The van der Waals surface area contributed by atoms with Crippen molar-refractivity contribution in [1.82, 2.24) is 4.57 Å². The highest BCUT2D eigenvalue weighted by atomic mass is 79.9. The highest BCUT2D eigenvalue weighted by molar-refractivity contribution is 9.10. The normalized spacial score (nSPS) is 19.6. The van der Waals surface area contributed by atoms with Crippen LogP contribution < -0.4 is 15.1 Å². The smallest absolute Gasteiger partial charge is 0.324 e. The van der Waals surface area contributed by atoms with Crippen molar-refractivity contribution >= 4 is 91.3 Å². The van der Waals surface area contributed by atoms with Gasteiger partial charge in [0.2, 0.25) is 17.7 Å². The monoisotopic (exact) mass is 741 g/mol. The zero-order chi connectivity index (χ0) is 31.5. The van der Waals surface area contributed by atoms with E-state index in [1.54, 1.807) is 24.3 Å². The van der Waals surface area contributed by atoms with Crippen molar-refractivity contribution in [1.29, 1.82) is 0 Å². The number of carbonyl (C=O) groups excluding carboxylic acids is 3. The molecule has 3 atom stereocenters. The molecule has 226 valence electrons. The van der Waals surface area contributed by atoms with Crippen LogP contribution in [0.25, 0.3) is 0 Å². The maximum Gasteiger partial charge on any atom is 0.418 e. The number of hydrogen-bond acceptors (Lipinski definition) is 6. The molecule has 3 aromatic carbocycles. The molecule has 3 amide bonds. The number of para-hydroxylation sites is 1. The van der Waals surface area contributed by atoms with Crippen LogP contribution in [0.3, 0.4) is 0 Å². The Kier molecular flexibility index (Phi) is 8.20. The molecule has 6 rings (SSSR count). The van der Waals surface area contributed by atoms with E-state index in [0.29, 0.717) is 35.5 Å². The highest BCUT2D eigenvalue weighted by Gasteiger charge is 2.57. The SMILES string of the molecule is O=C(Cn1c2c(sc1=O)C(c1cccc(Br)c1)C1C(=O)N(c3ccccc3C(F)(F)F)C(=O)C1S2)Nc1ccc(Cl)c(Cl)c1. The molecule has 2 aliphatic rings. The number of nitrogens with zero attached hydrogens (tertiary/aromatic N) is 2. The summed E-state index contributed by atoms with van der Waals surface area (Å²) in [6.45, 7) is -0.427. The second kappa shape index (κ2) is 11.7. The number of fused-ring (bicyclic) bond motifs is 2. The van der Waals surface area contributed by atoms with Crippen LogP contribution in [0.15, 0.2) is 81.0 Å². The van der Waals surface area contributed by atoms with Gasteiger partial charge in [-0.15, -0.1) is 0 Å². The van der Waals surface area contributed by atoms with Gasteiger partial charge in [-0.05, 0) is 48.0 Å². The fourth-order valence-corrected chi connectivity index (χ4v) is 8.87. The lowest BCUT2D eigenvalue weighted by atomic mass is 9.83. The Morgan fingerprint density at radius 2 is 1.70 bits per heavy atom. The molecule has 1 saturated heterocycles. The Labute approximate surface area is 274 Å². The number of thiazole rings is 1. The van der Waals surface area contributed by atoms with Crippen LogP contribution in [-0.2, 0) is 27.1 Å². The summed E-state index contributed by atoms with van der Waals surface area (Å²) in [6.07, 6.45) is -4.82. The van der Waals surface area contributed by atoms with Gasteiger partial charge in [-0.3, -0.25) is 23.7 Å². The van der Waals surface area contributed by atoms with E-state index in [4.69, 9.17) is 23.2 Å². The maximum atomic E-state index is 14.0. The Bertz CT molecular complexity index is 1920. The van der Waals surface area contributed by atoms with Gasteiger partial charge in [0.15, 0.2) is 0 Å². The molecule has 3 unspecified atom stereocenters. The molecule has 0 aliphatic carbocycles. The van der Waals surface area contributed by atoms with Gasteiger partial charge in [-0.2, -0.15) is 13.2 Å². The number of alkyl halides is 3. The number of benzene rings is 3. The average molecular weight is 743 g/mol. The molecule has 0 radical (unpaired) electrons. The van der Waals surface area contributed by atoms with Crippen LogP contribution in [0, 0.1) is 5.92 Å². The average Bonchev–Trinajstić information content (AvgIpc) is 3.40. The first-order valence-electron chi connectivity index (χ1n) is 12.8. The van der Waals surface area contributed by atoms with E-state index < -0.39 is 63.7 Å². The van der Waals surface area contributed by atoms with Gasteiger partial charge in [0.25, 0.3) is 0 Å². The molecule has 1 fully saturated rings. The predicted octanol–water partition coefficient (Wildman–Crippen LogP) is 7.43. The summed E-state index contributed by atoms with van der Waals surface area (Å²) in [5.74, 6) is -4.15. The van der Waals surface area contributed by atoms with Crippen LogP contribution in [-0.4, -0.2) is 27.5 Å². The van der Waals surface area contributed by atoms with Crippen molar-refractivity contribution in [2.75, 3.05) is 10.2 Å². The molecular formula is C29H17BrCl2F3N3O4S2. The Balaban J connectivity index is 1.43. The first kappa shape index (κ1) is 30.9. The van der Waals surface area contributed by atoms with Crippen LogP contribution in [0.1, 0.15) is 21.9 Å². The van der Waals surface area contributed by atoms with E-state index in [1.807, 2.05) is 0 Å². The zero-order valence-corrected chi connectivity index (χ0v) is 26.6. The van der Waals surface area contributed by atoms with Gasteiger partial charge in [-0.25, -0.2) is 4.90 Å². The number of imide groups is 1. The van der Waals surface area contributed by atoms with Gasteiger partial charge in [-0.1, -0.05) is 86.5 Å². The fourth-order valence-electron chi connectivity index (χ4n) is 5.38. The summed E-state index contributed by atoms with van der Waals surface area (Å²) in [4.78, 5) is 54.7. The molecule has 4 aromatic rings. The topological polar surface area (TPSA) is 88.5 Å². The number of carbonyl (C=O) groups is 3. The highest BCUT2D eigenvalue weighted by Crippen LogP contribution is 2.54. The fraction of sp³-hybridized carbons (Fsp3) is 0.172. The van der Waals surface area contributed by atoms with E-state index in [1.165, 1.54) is 34.9 Å². The minimum atomic E-state index is -4.82. The molecule has 0 saturated carbocycles. The minimum Gasteiger partial charge on any atom is -0.324 e. The molecule has 1 N–H and O–H groups in total. The van der Waals surface area contributed by atoms with Gasteiger partial charge >= 0.3 is 11.0 Å². The largest absolute Gasteiger partial charge is 0.418 e. The summed E-state index contributed by atoms with van der Waals surface area (Å²) in [7, 11) is 0. The van der Waals surface area contributed by atoms with Crippen molar-refractivity contribution in [2.24, 2.45) is 5.92 Å². The number of aromatic nitrogens is 1. The predicted molar refractivity (Wildman–Crippen MR) is 167 cm³/mol. The minimum absolute atomic E-state index is 0.217. The zero-order valence-electron chi connectivity index (χ0n) is 21.9. The number of hydrogen-bond donors (Lipinski definition) is 1. The second-order valence-electron chi connectivity index (χ2n) is 9.92. The summed E-state index contributed by atoms with van der Waals surface area (Å²) in [5.41, 5.74) is -0.747. The molecule has 44 heavy (non-hydrogen) atoms. The number of rotatable bonds is 5. The first-order valence-corrected chi connectivity index (χ1v) is 16.0. The van der Waals surface area contributed by atoms with Crippen LogP contribution >= 0.6 is 62.2 Å². The van der Waals surface area contributed by atoms with Gasteiger partial charge in [0.05, 0.1) is 32.2 Å². The van der Waals surface area contributed by atoms with Crippen molar-refractivity contribution in [2.45, 2.75) is 28.9 Å². The summed E-state index contributed by atoms with van der Waals surface area (Å²) in [5, 5.41) is 2.30. The van der Waals surface area contributed by atoms with Crippen LogP contribution in [0.5, 0.6) is 0 Å². The number of thioether (sulfide) groups is 1. The standard InChI is InChI=1S/C29H17BrCl2F3N3O4S2/c30-14-5-3-4-13(10-14)21-22-23(26(41)38(25(22)40)19-7-2-1-6-16(19)29(33,34)35)43-27-24(21)44-28(42)37(27)12-20(39)36-15-8-9-17(31)18(32)11-15/h1-11,21-23H,12H2,(H,36,39). The second-order valence-corrected chi connectivity index (χ2v) is 13.8. The van der Waals surface area contributed by atoms with Gasteiger partial charge in [0, 0.05) is 21.0 Å². The van der Waals surface area contributed by atoms with Crippen LogP contribution in [0.2, 0.25) is 10.0 Å². The molecule has 0 spiro atoms. The maximum absolute atomic E-state index is 14.0. The quantitative estimate of drug-likeness (QED) is 0.215. The number of anilines is 2. The number of halogens is 6. The number of amides is 3. The summed E-state index contributed by atoms with van der Waals surface area (Å²) in [6, 6.07) is 15.8.